The largest absolute Gasteiger partial charge is 0.477 e. The molecule has 1 aliphatic heterocycles. The highest BCUT2D eigenvalue weighted by Crippen LogP contribution is 2.22. The van der Waals surface area contributed by atoms with Gasteiger partial charge in [-0.1, -0.05) is 23.2 Å². The molecule has 148 valence electrons. The molecule has 0 aliphatic carbocycles. The van der Waals surface area contributed by atoms with Crippen molar-refractivity contribution in [3.8, 4) is 0 Å². The second-order valence-corrected chi connectivity index (χ2v) is 8.40. The Morgan fingerprint density at radius 3 is 2.57 bits per heavy atom. The smallest absolute Gasteiger partial charge is 0.345 e. The van der Waals surface area contributed by atoms with E-state index in [-0.39, 0.29) is 36.2 Å². The molecule has 2 aromatic rings. The average molecular weight is 442 g/mol. The van der Waals surface area contributed by atoms with Gasteiger partial charge in [0.05, 0.1) is 19.6 Å². The van der Waals surface area contributed by atoms with Gasteiger partial charge in [0.2, 0.25) is 5.91 Å². The normalized spacial score (nSPS) is 16.8. The molecule has 1 N–H and O–H groups in total. The highest BCUT2D eigenvalue weighted by atomic mass is 35.5. The number of hydrogen-bond acceptors (Lipinski definition) is 5. The molecule has 1 amide bonds. The number of Topliss-reactive ketones (excluding diaryl/α,β-unsaturated/α-hetero) is 1. The molecule has 1 aliphatic rings. The molecule has 1 unspecified atom stereocenters. The summed E-state index contributed by atoms with van der Waals surface area (Å²) in [6.45, 7) is 0.617. The van der Waals surface area contributed by atoms with Gasteiger partial charge in [-0.3, -0.25) is 9.59 Å². The first-order valence-electron chi connectivity index (χ1n) is 8.50. The molecule has 1 aromatic carbocycles. The van der Waals surface area contributed by atoms with Crippen molar-refractivity contribution in [2.24, 2.45) is 0 Å². The Hall–Kier alpha value is -1.93. The number of amides is 1. The summed E-state index contributed by atoms with van der Waals surface area (Å²) in [5.74, 6) is -1.39. The van der Waals surface area contributed by atoms with Gasteiger partial charge in [-0.05, 0) is 42.3 Å². The number of hydrogen-bond donors (Lipinski definition) is 1. The Morgan fingerprint density at radius 2 is 1.93 bits per heavy atom. The Balaban J connectivity index is 1.57. The summed E-state index contributed by atoms with van der Waals surface area (Å²) < 4.78 is 5.60. The van der Waals surface area contributed by atoms with Crippen LogP contribution in [0.5, 0.6) is 0 Å². The van der Waals surface area contributed by atoms with Gasteiger partial charge in [0.25, 0.3) is 0 Å². The highest BCUT2D eigenvalue weighted by molar-refractivity contribution is 7.13. The zero-order valence-electron chi connectivity index (χ0n) is 14.7. The number of carboxylic acids is 1. The van der Waals surface area contributed by atoms with Crippen LogP contribution in [0.3, 0.4) is 0 Å². The lowest BCUT2D eigenvalue weighted by Gasteiger charge is -2.23. The van der Waals surface area contributed by atoms with Gasteiger partial charge >= 0.3 is 5.97 Å². The van der Waals surface area contributed by atoms with E-state index in [9.17, 15) is 14.4 Å². The van der Waals surface area contributed by atoms with E-state index in [1.165, 1.54) is 11.0 Å². The molecule has 1 atom stereocenters. The fraction of sp³-hybridized carbons (Fsp3) is 0.316. The van der Waals surface area contributed by atoms with E-state index < -0.39 is 12.0 Å². The zero-order chi connectivity index (χ0) is 20.3. The number of nitrogens with zero attached hydrogens (tertiary/aromatic N) is 1. The predicted octanol–water partition coefficient (Wildman–Crippen LogP) is 3.68. The van der Waals surface area contributed by atoms with Crippen molar-refractivity contribution in [1.82, 2.24) is 4.90 Å². The molecule has 0 saturated carbocycles. The number of aromatic carboxylic acids is 1. The molecule has 0 spiro atoms. The standard InChI is InChI=1S/C19H17Cl2NO5S/c20-12-5-11(6-13(21)7-12)3-4-22-15(16(23)8-18(22)24)10-27-9-14-1-2-17(28-14)19(25)26/h1-2,5-7,15H,3-4,8-10H2,(H,25,26). The van der Waals surface area contributed by atoms with E-state index in [4.69, 9.17) is 33.0 Å². The molecular formula is C19H17Cl2NO5S. The number of carbonyl (C=O) groups is 3. The summed E-state index contributed by atoms with van der Waals surface area (Å²) in [5.41, 5.74) is 0.879. The lowest BCUT2D eigenvalue weighted by molar-refractivity contribution is -0.130. The summed E-state index contributed by atoms with van der Waals surface area (Å²) in [4.78, 5) is 37.8. The Kier molecular flexibility index (Phi) is 6.72. The van der Waals surface area contributed by atoms with Crippen LogP contribution in [-0.2, 0) is 27.4 Å². The predicted molar refractivity (Wildman–Crippen MR) is 106 cm³/mol. The van der Waals surface area contributed by atoms with Crippen molar-refractivity contribution in [3.63, 3.8) is 0 Å². The van der Waals surface area contributed by atoms with Gasteiger partial charge in [-0.15, -0.1) is 11.3 Å². The fourth-order valence-corrected chi connectivity index (χ4v) is 4.38. The molecule has 28 heavy (non-hydrogen) atoms. The summed E-state index contributed by atoms with van der Waals surface area (Å²) in [6.07, 6.45) is 0.384. The first kappa shape index (κ1) is 20.8. The van der Waals surface area contributed by atoms with Crippen LogP contribution in [0.25, 0.3) is 0 Å². The highest BCUT2D eigenvalue weighted by Gasteiger charge is 2.38. The zero-order valence-corrected chi connectivity index (χ0v) is 17.0. The van der Waals surface area contributed by atoms with Crippen LogP contribution in [0.1, 0.15) is 26.5 Å². The van der Waals surface area contributed by atoms with Crippen LogP contribution in [-0.4, -0.2) is 46.9 Å². The van der Waals surface area contributed by atoms with Crippen LogP contribution >= 0.6 is 34.5 Å². The number of halogens is 2. The molecule has 6 nitrogen and oxygen atoms in total. The quantitative estimate of drug-likeness (QED) is 0.631. The number of ether oxygens (including phenoxy) is 1. The van der Waals surface area contributed by atoms with Crippen LogP contribution in [0, 0.1) is 0 Å². The number of thiophene rings is 1. The summed E-state index contributed by atoms with van der Waals surface area (Å²) in [6, 6.07) is 7.74. The van der Waals surface area contributed by atoms with Crippen molar-refractivity contribution in [2.75, 3.05) is 13.2 Å². The molecular weight excluding hydrogens is 425 g/mol. The van der Waals surface area contributed by atoms with E-state index in [1.54, 1.807) is 24.3 Å². The second-order valence-electron chi connectivity index (χ2n) is 6.36. The van der Waals surface area contributed by atoms with Crippen molar-refractivity contribution < 1.29 is 24.2 Å². The number of rotatable bonds is 8. The second kappa shape index (κ2) is 9.05. The minimum absolute atomic E-state index is 0.0706. The van der Waals surface area contributed by atoms with E-state index in [0.29, 0.717) is 23.0 Å². The summed E-state index contributed by atoms with van der Waals surface area (Å²) in [7, 11) is 0. The molecule has 0 radical (unpaired) electrons. The number of ketones is 1. The number of benzene rings is 1. The van der Waals surface area contributed by atoms with E-state index in [2.05, 4.69) is 0 Å². The van der Waals surface area contributed by atoms with Crippen LogP contribution < -0.4 is 0 Å². The van der Waals surface area contributed by atoms with Gasteiger partial charge in [-0.2, -0.15) is 0 Å². The molecule has 3 rings (SSSR count). The third kappa shape index (κ3) is 5.11. The maximum Gasteiger partial charge on any atom is 0.345 e. The van der Waals surface area contributed by atoms with Crippen molar-refractivity contribution >= 4 is 52.2 Å². The maximum absolute atomic E-state index is 12.2. The Morgan fingerprint density at radius 1 is 1.21 bits per heavy atom. The molecule has 2 heterocycles. The fourth-order valence-electron chi connectivity index (χ4n) is 3.03. The molecule has 1 fully saturated rings. The Labute approximate surface area is 175 Å². The van der Waals surface area contributed by atoms with Crippen LogP contribution in [0.2, 0.25) is 10.0 Å². The number of likely N-dealkylation sites (tertiary alicyclic amines) is 1. The number of carbonyl (C=O) groups excluding carboxylic acids is 2. The third-order valence-corrected chi connectivity index (χ3v) is 5.83. The first-order valence-corrected chi connectivity index (χ1v) is 10.1. The summed E-state index contributed by atoms with van der Waals surface area (Å²) in [5, 5.41) is 9.98. The average Bonchev–Trinajstić information content (AvgIpc) is 3.18. The molecule has 9 heteroatoms. The lowest BCUT2D eigenvalue weighted by atomic mass is 10.1. The summed E-state index contributed by atoms with van der Waals surface area (Å²) >= 11 is 13.1. The Bertz CT molecular complexity index is 893. The lowest BCUT2D eigenvalue weighted by Crippen LogP contribution is -2.40. The van der Waals surface area contributed by atoms with E-state index in [1.807, 2.05) is 0 Å². The van der Waals surface area contributed by atoms with Gasteiger partial charge < -0.3 is 14.7 Å². The monoisotopic (exact) mass is 441 g/mol. The van der Waals surface area contributed by atoms with Gasteiger partial charge in [-0.25, -0.2) is 4.79 Å². The number of carboxylic acid groups (broad SMARTS) is 1. The van der Waals surface area contributed by atoms with Crippen molar-refractivity contribution in [2.45, 2.75) is 25.5 Å². The molecule has 0 bridgehead atoms. The van der Waals surface area contributed by atoms with E-state index >= 15 is 0 Å². The minimum Gasteiger partial charge on any atom is -0.477 e. The van der Waals surface area contributed by atoms with Crippen LogP contribution in [0.15, 0.2) is 30.3 Å². The van der Waals surface area contributed by atoms with Gasteiger partial charge in [0.15, 0.2) is 5.78 Å². The van der Waals surface area contributed by atoms with Gasteiger partial charge in [0, 0.05) is 21.5 Å². The molecule has 1 aromatic heterocycles. The minimum atomic E-state index is -0.986. The first-order chi connectivity index (χ1) is 13.3. The SMILES string of the molecule is O=C(O)c1ccc(COCC2C(=O)CC(=O)N2CCc2cc(Cl)cc(Cl)c2)s1. The van der Waals surface area contributed by atoms with Crippen LogP contribution in [0.4, 0.5) is 0 Å². The molecule has 1 saturated heterocycles. The van der Waals surface area contributed by atoms with E-state index in [0.717, 1.165) is 21.8 Å². The van der Waals surface area contributed by atoms with Crippen molar-refractivity contribution in [1.29, 1.82) is 0 Å². The van der Waals surface area contributed by atoms with Gasteiger partial charge in [0.1, 0.15) is 10.9 Å². The third-order valence-electron chi connectivity index (χ3n) is 4.35. The topological polar surface area (TPSA) is 83.9 Å². The maximum atomic E-state index is 12.2. The van der Waals surface area contributed by atoms with Crippen molar-refractivity contribution in [3.05, 3.63) is 55.7 Å².